The number of pyridine rings is 2. The Kier molecular flexibility index (Phi) is 6.13. The van der Waals surface area contributed by atoms with Crippen LogP contribution in [0.1, 0.15) is 33.8 Å². The Labute approximate surface area is 191 Å². The maximum Gasteiger partial charge on any atom is 0.364 e. The highest BCUT2D eigenvalue weighted by Gasteiger charge is 2.18. The molecule has 4 rings (SSSR count). The number of fused-ring (bicyclic) bond motifs is 2. The third-order valence-corrected chi connectivity index (χ3v) is 4.79. The summed E-state index contributed by atoms with van der Waals surface area (Å²) >= 11 is 0. The highest BCUT2D eigenvalue weighted by molar-refractivity contribution is 6.00. The number of hydrogen-bond acceptors (Lipinski definition) is 10. The molecule has 0 unspecified atom stereocenters. The van der Waals surface area contributed by atoms with Crippen molar-refractivity contribution >= 4 is 45.6 Å². The number of para-hydroxylation sites is 2. The number of carbonyl (C=O) groups is 3. The number of aromatic hydroxyl groups is 2. The van der Waals surface area contributed by atoms with Gasteiger partial charge in [-0.15, -0.1) is 0 Å². The zero-order chi connectivity index (χ0) is 24.2. The fourth-order valence-corrected chi connectivity index (χ4v) is 3.13. The Balaban J connectivity index is 1.32. The van der Waals surface area contributed by atoms with E-state index in [9.17, 15) is 24.6 Å². The van der Waals surface area contributed by atoms with Gasteiger partial charge in [-0.05, 0) is 24.3 Å². The van der Waals surface area contributed by atoms with Gasteiger partial charge < -0.3 is 19.7 Å². The van der Waals surface area contributed by atoms with Crippen molar-refractivity contribution in [1.82, 2.24) is 9.97 Å². The minimum atomic E-state index is -1.01. The number of nitrogens with zero attached hydrogens (tertiary/aromatic N) is 2. The van der Waals surface area contributed by atoms with Crippen molar-refractivity contribution in [3.8, 4) is 11.5 Å². The molecule has 0 amide bonds. The first-order valence-corrected chi connectivity index (χ1v) is 10.0. The predicted octanol–water partition coefficient (Wildman–Crippen LogP) is 3.49. The summed E-state index contributed by atoms with van der Waals surface area (Å²) in [5.41, 5.74) is 0.103. The number of phenolic OH excluding ortho intramolecular Hbond substituents is 2. The Morgan fingerprint density at radius 1 is 0.706 bits per heavy atom. The van der Waals surface area contributed by atoms with Crippen LogP contribution in [-0.4, -0.2) is 44.0 Å². The molecule has 0 saturated carbocycles. The largest absolute Gasteiger partial charge is 0.506 e. The minimum absolute atomic E-state index is 0.106. The second-order valence-corrected chi connectivity index (χ2v) is 7.16. The number of esters is 3. The molecule has 0 atom stereocenters. The standard InChI is InChI=1S/C24H17N3O7/c25-19(33-23(31)15-9-7-13-3-1-5-17(28)21(13)26-15)11-12-20(30)34-24(32)16-10-8-14-4-2-6-18(29)22(14)27-16/h1-10,25,28-29H,11-12H2. The molecule has 0 fully saturated rings. The van der Waals surface area contributed by atoms with E-state index >= 15 is 0 Å². The lowest BCUT2D eigenvalue weighted by Gasteiger charge is -2.07. The first-order chi connectivity index (χ1) is 16.3. The molecule has 0 aliphatic rings. The Hall–Kier alpha value is -4.86. The molecule has 0 aliphatic carbocycles. The van der Waals surface area contributed by atoms with Gasteiger partial charge in [0.15, 0.2) is 5.90 Å². The third kappa shape index (κ3) is 4.80. The lowest BCUT2D eigenvalue weighted by atomic mass is 10.2. The second-order valence-electron chi connectivity index (χ2n) is 7.16. The van der Waals surface area contributed by atoms with Crippen LogP contribution in [0.25, 0.3) is 21.8 Å². The molecule has 2 aromatic heterocycles. The summed E-state index contributed by atoms with van der Waals surface area (Å²) in [6, 6.07) is 15.4. The smallest absolute Gasteiger partial charge is 0.364 e. The molecule has 10 nitrogen and oxygen atoms in total. The number of carbonyl (C=O) groups excluding carboxylic acids is 3. The van der Waals surface area contributed by atoms with Gasteiger partial charge in [-0.3, -0.25) is 10.2 Å². The topological polar surface area (TPSA) is 160 Å². The van der Waals surface area contributed by atoms with Gasteiger partial charge in [-0.25, -0.2) is 19.6 Å². The van der Waals surface area contributed by atoms with E-state index in [1.54, 1.807) is 36.4 Å². The molecule has 170 valence electrons. The Bertz CT molecular complexity index is 1350. The van der Waals surface area contributed by atoms with Gasteiger partial charge in [0, 0.05) is 17.2 Å². The van der Waals surface area contributed by atoms with Gasteiger partial charge in [0.05, 0.1) is 6.42 Å². The summed E-state index contributed by atoms with van der Waals surface area (Å²) in [6.07, 6.45) is -0.703. The van der Waals surface area contributed by atoms with Crippen LogP contribution in [0.5, 0.6) is 11.5 Å². The lowest BCUT2D eigenvalue weighted by molar-refractivity contribution is -0.137. The van der Waals surface area contributed by atoms with Crippen LogP contribution in [0.3, 0.4) is 0 Å². The first kappa shape index (κ1) is 22.3. The number of hydrogen-bond donors (Lipinski definition) is 3. The van der Waals surface area contributed by atoms with Crippen LogP contribution in [0.15, 0.2) is 60.7 Å². The molecular weight excluding hydrogens is 442 g/mol. The number of ether oxygens (including phenoxy) is 2. The molecule has 3 N–H and O–H groups in total. The average Bonchev–Trinajstić information content (AvgIpc) is 2.83. The van der Waals surface area contributed by atoms with Crippen molar-refractivity contribution in [2.24, 2.45) is 0 Å². The summed E-state index contributed by atoms with van der Waals surface area (Å²) in [4.78, 5) is 44.5. The van der Waals surface area contributed by atoms with Crippen molar-refractivity contribution in [3.63, 3.8) is 0 Å². The van der Waals surface area contributed by atoms with Crippen molar-refractivity contribution in [2.75, 3.05) is 0 Å². The monoisotopic (exact) mass is 459 g/mol. The highest BCUT2D eigenvalue weighted by Crippen LogP contribution is 2.23. The van der Waals surface area contributed by atoms with E-state index in [2.05, 4.69) is 9.97 Å². The summed E-state index contributed by atoms with van der Waals surface area (Å²) in [5.74, 6) is -3.64. The number of aromatic nitrogens is 2. The molecule has 0 radical (unpaired) electrons. The zero-order valence-corrected chi connectivity index (χ0v) is 17.5. The quantitative estimate of drug-likeness (QED) is 0.176. The highest BCUT2D eigenvalue weighted by atomic mass is 16.6. The van der Waals surface area contributed by atoms with Gasteiger partial charge >= 0.3 is 17.9 Å². The van der Waals surface area contributed by atoms with E-state index in [1.165, 1.54) is 24.3 Å². The molecule has 0 bridgehead atoms. The molecule has 0 spiro atoms. The van der Waals surface area contributed by atoms with E-state index in [0.29, 0.717) is 10.8 Å². The Morgan fingerprint density at radius 3 is 1.74 bits per heavy atom. The maximum absolute atomic E-state index is 12.2. The normalized spacial score (nSPS) is 10.7. The van der Waals surface area contributed by atoms with Crippen LogP contribution < -0.4 is 0 Å². The molecular formula is C24H17N3O7. The average molecular weight is 459 g/mol. The minimum Gasteiger partial charge on any atom is -0.506 e. The third-order valence-electron chi connectivity index (χ3n) is 4.79. The van der Waals surface area contributed by atoms with Crippen LogP contribution in [0.2, 0.25) is 0 Å². The van der Waals surface area contributed by atoms with Gasteiger partial charge in [0.25, 0.3) is 0 Å². The molecule has 4 aromatic rings. The molecule has 2 heterocycles. The van der Waals surface area contributed by atoms with Crippen LogP contribution in [0.4, 0.5) is 0 Å². The second kappa shape index (κ2) is 9.33. The molecule has 34 heavy (non-hydrogen) atoms. The Morgan fingerprint density at radius 2 is 1.21 bits per heavy atom. The van der Waals surface area contributed by atoms with Gasteiger partial charge in [-0.2, -0.15) is 0 Å². The lowest BCUT2D eigenvalue weighted by Crippen LogP contribution is -2.17. The summed E-state index contributed by atoms with van der Waals surface area (Å²) < 4.78 is 9.62. The SMILES string of the molecule is N=C(CCC(=O)OC(=O)c1ccc2cccc(O)c2n1)OC(=O)c1ccc2cccc(O)c2n1. The van der Waals surface area contributed by atoms with Crippen LogP contribution >= 0.6 is 0 Å². The predicted molar refractivity (Wildman–Crippen MR) is 120 cm³/mol. The van der Waals surface area contributed by atoms with Crippen LogP contribution in [0, 0.1) is 5.41 Å². The van der Waals surface area contributed by atoms with Crippen molar-refractivity contribution < 1.29 is 34.1 Å². The summed E-state index contributed by atoms with van der Waals surface area (Å²) in [5, 5.41) is 28.7. The van der Waals surface area contributed by atoms with E-state index in [0.717, 1.165) is 0 Å². The number of rotatable bonds is 5. The fraction of sp³-hybridized carbons (Fsp3) is 0.0833. The number of benzene rings is 2. The van der Waals surface area contributed by atoms with Crippen LogP contribution in [-0.2, 0) is 14.3 Å². The maximum atomic E-state index is 12.2. The van der Waals surface area contributed by atoms with Gasteiger partial charge in [0.2, 0.25) is 0 Å². The van der Waals surface area contributed by atoms with E-state index in [-0.39, 0.29) is 40.3 Å². The summed E-state index contributed by atoms with van der Waals surface area (Å²) in [7, 11) is 0. The van der Waals surface area contributed by atoms with E-state index < -0.39 is 30.2 Å². The van der Waals surface area contributed by atoms with Crippen molar-refractivity contribution in [1.29, 1.82) is 5.41 Å². The van der Waals surface area contributed by atoms with Gasteiger partial charge in [-0.1, -0.05) is 36.4 Å². The van der Waals surface area contributed by atoms with E-state index in [4.69, 9.17) is 14.9 Å². The first-order valence-electron chi connectivity index (χ1n) is 10.0. The molecule has 2 aromatic carbocycles. The zero-order valence-electron chi connectivity index (χ0n) is 17.5. The van der Waals surface area contributed by atoms with Crippen molar-refractivity contribution in [2.45, 2.75) is 12.8 Å². The van der Waals surface area contributed by atoms with Crippen molar-refractivity contribution in [3.05, 3.63) is 72.1 Å². The molecule has 10 heteroatoms. The number of phenols is 2. The fourth-order valence-electron chi connectivity index (χ4n) is 3.13. The molecule has 0 saturated heterocycles. The molecule has 0 aliphatic heterocycles. The summed E-state index contributed by atoms with van der Waals surface area (Å²) in [6.45, 7) is 0. The van der Waals surface area contributed by atoms with Gasteiger partial charge in [0.1, 0.15) is 33.9 Å². The van der Waals surface area contributed by atoms with E-state index in [1.807, 2.05) is 0 Å². The number of nitrogens with one attached hydrogen (secondary N) is 1.